The van der Waals surface area contributed by atoms with Gasteiger partial charge in [-0.2, -0.15) is 0 Å². The van der Waals surface area contributed by atoms with Crippen molar-refractivity contribution in [1.82, 2.24) is 4.98 Å². The summed E-state index contributed by atoms with van der Waals surface area (Å²) < 4.78 is 1.40. The minimum atomic E-state index is -1.65. The third kappa shape index (κ3) is 2.49. The molecule has 0 amide bonds. The number of nitrogens with zero attached hydrogens (tertiary/aromatic N) is 1. The van der Waals surface area contributed by atoms with E-state index < -0.39 is 13.3 Å². The first-order chi connectivity index (χ1) is 5.00. The monoisotopic (exact) mass is 231 g/mol. The quantitative estimate of drug-likeness (QED) is 0.533. The SMILES string of the molecule is [CH3][Ge]([CH3])([CH3])[c]1ccc(Cl)nc1. The van der Waals surface area contributed by atoms with Crippen LogP contribution in [-0.2, 0) is 0 Å². The summed E-state index contributed by atoms with van der Waals surface area (Å²) in [6.45, 7) is 0. The van der Waals surface area contributed by atoms with Gasteiger partial charge in [0.15, 0.2) is 0 Å². The molecule has 3 heteroatoms. The van der Waals surface area contributed by atoms with Crippen molar-refractivity contribution >= 4 is 29.3 Å². The van der Waals surface area contributed by atoms with Crippen molar-refractivity contribution in [2.24, 2.45) is 0 Å². The third-order valence-corrected chi connectivity index (χ3v) is 6.07. The van der Waals surface area contributed by atoms with E-state index in [0.29, 0.717) is 5.15 Å². The fourth-order valence-corrected chi connectivity index (χ4v) is 3.10. The van der Waals surface area contributed by atoms with Gasteiger partial charge in [0.1, 0.15) is 0 Å². The number of pyridine rings is 1. The first kappa shape index (κ1) is 9.07. The van der Waals surface area contributed by atoms with Gasteiger partial charge in [-0.1, -0.05) is 0 Å². The Bertz CT molecular complexity index is 237. The Morgan fingerprint density at radius 2 is 1.91 bits per heavy atom. The van der Waals surface area contributed by atoms with Gasteiger partial charge >= 0.3 is 75.0 Å². The van der Waals surface area contributed by atoms with Gasteiger partial charge in [0.05, 0.1) is 0 Å². The van der Waals surface area contributed by atoms with Crippen molar-refractivity contribution in [3.63, 3.8) is 0 Å². The van der Waals surface area contributed by atoms with Crippen molar-refractivity contribution in [3.05, 3.63) is 23.5 Å². The maximum atomic E-state index is 5.67. The number of aromatic nitrogens is 1. The predicted molar refractivity (Wildman–Crippen MR) is 52.2 cm³/mol. The second-order valence-electron chi connectivity index (χ2n) is 3.62. The number of hydrogen-bond acceptors (Lipinski definition) is 1. The molecule has 0 radical (unpaired) electrons. The summed E-state index contributed by atoms with van der Waals surface area (Å²) in [6, 6.07) is 3.96. The summed E-state index contributed by atoms with van der Waals surface area (Å²) in [5, 5.41) is 0.584. The van der Waals surface area contributed by atoms with E-state index in [1.165, 1.54) is 4.40 Å². The summed E-state index contributed by atoms with van der Waals surface area (Å²) in [5.74, 6) is 7.01. The summed E-state index contributed by atoms with van der Waals surface area (Å²) in [7, 11) is 0. The van der Waals surface area contributed by atoms with E-state index in [4.69, 9.17) is 11.6 Å². The Hall–Kier alpha value is -0.0171. The van der Waals surface area contributed by atoms with Gasteiger partial charge in [0.25, 0.3) is 0 Å². The van der Waals surface area contributed by atoms with Crippen LogP contribution in [0.15, 0.2) is 18.3 Å². The molecule has 1 rings (SSSR count). The van der Waals surface area contributed by atoms with E-state index in [-0.39, 0.29) is 0 Å². The van der Waals surface area contributed by atoms with Crippen molar-refractivity contribution in [1.29, 1.82) is 0 Å². The molecule has 0 bridgehead atoms. The number of hydrogen-bond donors (Lipinski definition) is 0. The molecule has 0 aromatic carbocycles. The molecule has 0 saturated heterocycles. The molecule has 0 N–H and O–H groups in total. The standard InChI is InChI=1S/C8H12ClGeN/c1-10(2,3)7-4-5-8(9)11-6-7/h4-6H,1-3H3. The van der Waals surface area contributed by atoms with Crippen LogP contribution in [0.5, 0.6) is 0 Å². The molecule has 0 spiro atoms. The molecule has 0 aliphatic rings. The molecule has 11 heavy (non-hydrogen) atoms. The summed E-state index contributed by atoms with van der Waals surface area (Å²) in [4.78, 5) is 4.06. The molecular weight excluding hydrogens is 218 g/mol. The normalized spacial score (nSPS) is 11.6. The molecule has 0 aliphatic carbocycles. The fourth-order valence-electron chi connectivity index (χ4n) is 0.819. The Labute approximate surface area is 75.2 Å². The van der Waals surface area contributed by atoms with Crippen molar-refractivity contribution in [3.8, 4) is 0 Å². The van der Waals surface area contributed by atoms with Gasteiger partial charge in [-0.15, -0.1) is 0 Å². The van der Waals surface area contributed by atoms with Gasteiger partial charge in [-0.25, -0.2) is 0 Å². The van der Waals surface area contributed by atoms with Gasteiger partial charge in [0, 0.05) is 0 Å². The first-order valence-electron chi connectivity index (χ1n) is 3.62. The molecule has 0 unspecified atom stereocenters. The fraction of sp³-hybridized carbons (Fsp3) is 0.375. The first-order valence-corrected chi connectivity index (χ1v) is 11.3. The third-order valence-electron chi connectivity index (χ3n) is 1.59. The minimum absolute atomic E-state index is 0.584. The summed E-state index contributed by atoms with van der Waals surface area (Å²) in [5.41, 5.74) is 0. The van der Waals surface area contributed by atoms with Crippen LogP contribution in [0, 0.1) is 0 Å². The molecule has 1 heterocycles. The molecule has 1 aromatic rings. The van der Waals surface area contributed by atoms with Crippen LogP contribution in [-0.4, -0.2) is 18.3 Å². The van der Waals surface area contributed by atoms with Gasteiger partial charge in [-0.05, 0) is 0 Å². The molecule has 0 saturated carbocycles. The summed E-state index contributed by atoms with van der Waals surface area (Å²) >= 11 is 4.02. The van der Waals surface area contributed by atoms with E-state index in [2.05, 4.69) is 28.3 Å². The van der Waals surface area contributed by atoms with E-state index >= 15 is 0 Å². The van der Waals surface area contributed by atoms with Crippen LogP contribution in [0.2, 0.25) is 22.4 Å². The van der Waals surface area contributed by atoms with Crippen LogP contribution in [0.3, 0.4) is 0 Å². The van der Waals surface area contributed by atoms with Crippen molar-refractivity contribution < 1.29 is 0 Å². The molecular formula is C8H12ClGeN. The van der Waals surface area contributed by atoms with Crippen LogP contribution >= 0.6 is 11.6 Å². The van der Waals surface area contributed by atoms with E-state index in [1.54, 1.807) is 0 Å². The zero-order valence-electron chi connectivity index (χ0n) is 7.06. The molecule has 1 nitrogen and oxygen atoms in total. The second-order valence-corrected chi connectivity index (χ2v) is 14.7. The Morgan fingerprint density at radius 3 is 2.27 bits per heavy atom. The van der Waals surface area contributed by atoms with Gasteiger partial charge in [0.2, 0.25) is 0 Å². The van der Waals surface area contributed by atoms with Crippen molar-refractivity contribution in [2.75, 3.05) is 0 Å². The average molecular weight is 230 g/mol. The van der Waals surface area contributed by atoms with Gasteiger partial charge in [-0.3, -0.25) is 0 Å². The molecule has 1 aromatic heterocycles. The zero-order valence-corrected chi connectivity index (χ0v) is 9.91. The Kier molecular flexibility index (Phi) is 2.60. The Balaban J connectivity index is 2.99. The molecule has 60 valence electrons. The van der Waals surface area contributed by atoms with Crippen LogP contribution in [0.4, 0.5) is 0 Å². The van der Waals surface area contributed by atoms with Crippen LogP contribution < -0.4 is 4.40 Å². The van der Waals surface area contributed by atoms with E-state index in [1.807, 2.05) is 12.3 Å². The second kappa shape index (κ2) is 3.15. The maximum absolute atomic E-state index is 5.67. The molecule has 0 fully saturated rings. The molecule has 0 aliphatic heterocycles. The molecule has 0 atom stereocenters. The average Bonchev–Trinajstić information content (AvgIpc) is 1.86. The number of halogens is 1. The van der Waals surface area contributed by atoms with E-state index in [0.717, 1.165) is 0 Å². The topological polar surface area (TPSA) is 12.9 Å². The van der Waals surface area contributed by atoms with E-state index in [9.17, 15) is 0 Å². The predicted octanol–water partition coefficient (Wildman–Crippen LogP) is 2.28. The Morgan fingerprint density at radius 1 is 1.27 bits per heavy atom. The van der Waals surface area contributed by atoms with Crippen molar-refractivity contribution in [2.45, 2.75) is 17.3 Å². The van der Waals surface area contributed by atoms with Crippen LogP contribution in [0.25, 0.3) is 0 Å². The van der Waals surface area contributed by atoms with Gasteiger partial charge < -0.3 is 0 Å². The number of rotatable bonds is 1. The van der Waals surface area contributed by atoms with Crippen LogP contribution in [0.1, 0.15) is 0 Å². The summed E-state index contributed by atoms with van der Waals surface area (Å²) in [6.07, 6.45) is 1.91. The zero-order chi connectivity index (χ0) is 8.48.